The molecule has 4 heteroatoms. The van der Waals surface area contributed by atoms with Gasteiger partial charge in [0, 0.05) is 31.4 Å². The van der Waals surface area contributed by atoms with Gasteiger partial charge in [0.25, 0.3) is 0 Å². The van der Waals surface area contributed by atoms with Crippen LogP contribution in [0.5, 0.6) is 0 Å². The monoisotopic (exact) mass is 275 g/mol. The fraction of sp³-hybridized carbons (Fsp3) is 0.562. The van der Waals surface area contributed by atoms with Crippen LogP contribution in [0, 0.1) is 0 Å². The number of carbonyl (C=O) groups is 1. The molecule has 20 heavy (non-hydrogen) atoms. The van der Waals surface area contributed by atoms with Gasteiger partial charge in [-0.05, 0) is 37.8 Å². The first kappa shape index (κ1) is 14.7. The first-order valence-corrected chi connectivity index (χ1v) is 7.58. The zero-order chi connectivity index (χ0) is 14.4. The standard InChI is InChI=1S/C16H25N3O/c1-2-11-18(14-7-4-3-5-8-14)12-6-9-15-10-13-19(15)16(17)20/h3-5,7-8,15H,2,6,9-13H2,1H3,(H2,17,20). The van der Waals surface area contributed by atoms with E-state index in [1.807, 2.05) is 6.07 Å². The van der Waals surface area contributed by atoms with E-state index in [2.05, 4.69) is 36.1 Å². The van der Waals surface area contributed by atoms with Gasteiger partial charge in [0.2, 0.25) is 0 Å². The Morgan fingerprint density at radius 1 is 1.35 bits per heavy atom. The SMILES string of the molecule is CCCN(CCCC1CCN1C(N)=O)c1ccccc1. The number of hydrogen-bond donors (Lipinski definition) is 1. The van der Waals surface area contributed by atoms with Crippen LogP contribution in [0.1, 0.15) is 32.6 Å². The van der Waals surface area contributed by atoms with Gasteiger partial charge in [0.1, 0.15) is 0 Å². The van der Waals surface area contributed by atoms with Crippen LogP contribution in [-0.4, -0.2) is 36.6 Å². The number of urea groups is 1. The average molecular weight is 275 g/mol. The second-order valence-electron chi connectivity index (χ2n) is 5.44. The lowest BCUT2D eigenvalue weighted by molar-refractivity contribution is 0.115. The second-order valence-corrected chi connectivity index (χ2v) is 5.44. The van der Waals surface area contributed by atoms with Gasteiger partial charge in [0.15, 0.2) is 0 Å². The molecule has 2 amide bonds. The number of hydrogen-bond acceptors (Lipinski definition) is 2. The van der Waals surface area contributed by atoms with Crippen LogP contribution in [0.15, 0.2) is 30.3 Å². The van der Waals surface area contributed by atoms with E-state index in [9.17, 15) is 4.79 Å². The third kappa shape index (κ3) is 3.65. The third-order valence-corrected chi connectivity index (χ3v) is 4.01. The van der Waals surface area contributed by atoms with E-state index in [1.54, 1.807) is 4.90 Å². The zero-order valence-electron chi connectivity index (χ0n) is 12.3. The molecule has 0 bridgehead atoms. The predicted molar refractivity (Wildman–Crippen MR) is 82.9 cm³/mol. The van der Waals surface area contributed by atoms with Crippen LogP contribution in [0.2, 0.25) is 0 Å². The largest absolute Gasteiger partial charge is 0.372 e. The van der Waals surface area contributed by atoms with Gasteiger partial charge in [0.05, 0.1) is 0 Å². The molecular formula is C16H25N3O. The lowest BCUT2D eigenvalue weighted by Gasteiger charge is -2.40. The quantitative estimate of drug-likeness (QED) is 0.832. The third-order valence-electron chi connectivity index (χ3n) is 4.01. The van der Waals surface area contributed by atoms with Crippen LogP contribution < -0.4 is 10.6 Å². The number of likely N-dealkylation sites (tertiary alicyclic amines) is 1. The van der Waals surface area contributed by atoms with Crippen LogP contribution in [-0.2, 0) is 0 Å². The number of carbonyl (C=O) groups excluding carboxylic acids is 1. The van der Waals surface area contributed by atoms with Crippen molar-refractivity contribution in [1.29, 1.82) is 0 Å². The smallest absolute Gasteiger partial charge is 0.315 e. The number of rotatable bonds is 7. The second kappa shape index (κ2) is 7.17. The molecule has 1 aliphatic rings. The summed E-state index contributed by atoms with van der Waals surface area (Å²) in [5.74, 6) is 0. The molecule has 0 aromatic heterocycles. The molecule has 1 unspecified atom stereocenters. The highest BCUT2D eigenvalue weighted by atomic mass is 16.2. The Morgan fingerprint density at radius 2 is 2.10 bits per heavy atom. The first-order chi connectivity index (χ1) is 9.72. The summed E-state index contributed by atoms with van der Waals surface area (Å²) in [5.41, 5.74) is 6.62. The number of nitrogens with zero attached hydrogens (tertiary/aromatic N) is 2. The lowest BCUT2D eigenvalue weighted by atomic mass is 9.98. The maximum absolute atomic E-state index is 11.2. The van der Waals surface area contributed by atoms with Crippen LogP contribution in [0.4, 0.5) is 10.5 Å². The molecule has 1 atom stereocenters. The number of para-hydroxylation sites is 1. The normalized spacial score (nSPS) is 17.6. The van der Waals surface area contributed by atoms with Crippen LogP contribution >= 0.6 is 0 Å². The van der Waals surface area contributed by atoms with Crippen LogP contribution in [0.25, 0.3) is 0 Å². The van der Waals surface area contributed by atoms with Gasteiger partial charge in [-0.3, -0.25) is 0 Å². The summed E-state index contributed by atoms with van der Waals surface area (Å²) in [4.78, 5) is 15.4. The molecule has 0 aliphatic carbocycles. The molecule has 1 heterocycles. The molecule has 0 radical (unpaired) electrons. The summed E-state index contributed by atoms with van der Waals surface area (Å²) < 4.78 is 0. The molecule has 110 valence electrons. The topological polar surface area (TPSA) is 49.6 Å². The minimum absolute atomic E-state index is 0.269. The predicted octanol–water partition coefficient (Wildman–Crippen LogP) is 2.84. The highest BCUT2D eigenvalue weighted by Gasteiger charge is 2.29. The molecule has 4 nitrogen and oxygen atoms in total. The molecule has 1 aliphatic heterocycles. The summed E-state index contributed by atoms with van der Waals surface area (Å²) in [6.45, 7) is 5.16. The van der Waals surface area contributed by atoms with Crippen LogP contribution in [0.3, 0.4) is 0 Å². The Morgan fingerprint density at radius 3 is 2.65 bits per heavy atom. The molecule has 1 saturated heterocycles. The number of benzene rings is 1. The minimum atomic E-state index is -0.269. The first-order valence-electron chi connectivity index (χ1n) is 7.58. The lowest BCUT2D eigenvalue weighted by Crippen LogP contribution is -2.53. The molecule has 0 spiro atoms. The van der Waals surface area contributed by atoms with Crippen molar-refractivity contribution in [2.45, 2.75) is 38.6 Å². The Bertz CT molecular complexity index is 421. The van der Waals surface area contributed by atoms with Crippen molar-refractivity contribution in [2.75, 3.05) is 24.5 Å². The number of nitrogens with two attached hydrogens (primary N) is 1. The molecule has 1 aromatic rings. The number of primary amides is 1. The average Bonchev–Trinajstić information content (AvgIpc) is 2.41. The van der Waals surface area contributed by atoms with E-state index in [0.717, 1.165) is 45.3 Å². The Kier molecular flexibility index (Phi) is 5.27. The van der Waals surface area contributed by atoms with Crippen molar-refractivity contribution in [2.24, 2.45) is 5.73 Å². The van der Waals surface area contributed by atoms with E-state index < -0.39 is 0 Å². The molecule has 1 fully saturated rings. The highest BCUT2D eigenvalue weighted by molar-refractivity contribution is 5.73. The summed E-state index contributed by atoms with van der Waals surface area (Å²) in [7, 11) is 0. The maximum Gasteiger partial charge on any atom is 0.315 e. The van der Waals surface area contributed by atoms with Crippen molar-refractivity contribution in [3.05, 3.63) is 30.3 Å². The molecule has 2 rings (SSSR count). The van der Waals surface area contributed by atoms with Crippen molar-refractivity contribution in [1.82, 2.24) is 4.90 Å². The molecular weight excluding hydrogens is 250 g/mol. The van der Waals surface area contributed by atoms with E-state index in [4.69, 9.17) is 5.73 Å². The van der Waals surface area contributed by atoms with Crippen molar-refractivity contribution < 1.29 is 4.79 Å². The van der Waals surface area contributed by atoms with Gasteiger partial charge in [-0.25, -0.2) is 4.79 Å². The number of amides is 2. The fourth-order valence-electron chi connectivity index (χ4n) is 2.83. The zero-order valence-corrected chi connectivity index (χ0v) is 12.3. The number of anilines is 1. The van der Waals surface area contributed by atoms with Gasteiger partial charge >= 0.3 is 6.03 Å². The van der Waals surface area contributed by atoms with E-state index in [1.165, 1.54) is 5.69 Å². The molecule has 0 saturated carbocycles. The summed E-state index contributed by atoms with van der Waals surface area (Å²) in [5, 5.41) is 0. The Balaban J connectivity index is 1.80. The van der Waals surface area contributed by atoms with E-state index in [-0.39, 0.29) is 6.03 Å². The maximum atomic E-state index is 11.2. The Labute approximate surface area is 121 Å². The van der Waals surface area contributed by atoms with Gasteiger partial charge in [-0.15, -0.1) is 0 Å². The molecule has 2 N–H and O–H groups in total. The summed E-state index contributed by atoms with van der Waals surface area (Å²) in [6, 6.07) is 10.6. The summed E-state index contributed by atoms with van der Waals surface area (Å²) >= 11 is 0. The van der Waals surface area contributed by atoms with Gasteiger partial charge < -0.3 is 15.5 Å². The minimum Gasteiger partial charge on any atom is -0.372 e. The highest BCUT2D eigenvalue weighted by Crippen LogP contribution is 2.22. The van der Waals surface area contributed by atoms with Crippen molar-refractivity contribution in [3.63, 3.8) is 0 Å². The summed E-state index contributed by atoms with van der Waals surface area (Å²) in [6.07, 6.45) is 4.40. The van der Waals surface area contributed by atoms with Crippen molar-refractivity contribution >= 4 is 11.7 Å². The molecule has 1 aromatic carbocycles. The van der Waals surface area contributed by atoms with Gasteiger partial charge in [-0.2, -0.15) is 0 Å². The fourth-order valence-corrected chi connectivity index (χ4v) is 2.83. The van der Waals surface area contributed by atoms with Crippen molar-refractivity contribution in [3.8, 4) is 0 Å². The Hall–Kier alpha value is -1.71. The van der Waals surface area contributed by atoms with Gasteiger partial charge in [-0.1, -0.05) is 25.1 Å². The van der Waals surface area contributed by atoms with E-state index >= 15 is 0 Å². The van der Waals surface area contributed by atoms with E-state index in [0.29, 0.717) is 6.04 Å².